The van der Waals surface area contributed by atoms with Crippen molar-refractivity contribution in [2.45, 2.75) is 32.1 Å². The molecule has 1 saturated heterocycles. The molecule has 0 bridgehead atoms. The molecule has 0 atom stereocenters. The number of aromatic nitrogens is 1. The van der Waals surface area contributed by atoms with Crippen LogP contribution >= 0.6 is 11.6 Å². The number of likely N-dealkylation sites (tertiary alicyclic amines) is 1. The summed E-state index contributed by atoms with van der Waals surface area (Å²) in [6.07, 6.45) is 7.08. The van der Waals surface area contributed by atoms with Crippen molar-refractivity contribution < 1.29 is 4.79 Å². The third-order valence-corrected chi connectivity index (χ3v) is 6.52. The van der Waals surface area contributed by atoms with Crippen LogP contribution in [0, 0.1) is 5.92 Å². The number of para-hydroxylation sites is 1. The molecule has 2 aromatic carbocycles. The average molecular weight is 409 g/mol. The first kappa shape index (κ1) is 20.2. The fourth-order valence-electron chi connectivity index (χ4n) is 4.51. The molecule has 1 aromatic heterocycles. The minimum Gasteiger partial charge on any atom is -0.350 e. The average Bonchev–Trinajstić information content (AvgIpc) is 3.08. The minimum atomic E-state index is 0.283. The number of aryl methyl sites for hydroxylation is 1. The van der Waals surface area contributed by atoms with Crippen LogP contribution in [0.3, 0.4) is 0 Å². The van der Waals surface area contributed by atoms with Gasteiger partial charge in [0.2, 0.25) is 0 Å². The third kappa shape index (κ3) is 4.91. The first-order chi connectivity index (χ1) is 14.1. The van der Waals surface area contributed by atoms with Crippen LogP contribution in [0.2, 0.25) is 5.02 Å². The molecule has 29 heavy (non-hydrogen) atoms. The first-order valence-electron chi connectivity index (χ1n) is 10.6. The predicted molar refractivity (Wildman–Crippen MR) is 121 cm³/mol. The molecule has 0 spiro atoms. The Morgan fingerprint density at radius 1 is 1.10 bits per heavy atom. The number of piperidine rings is 1. The number of hydrogen-bond acceptors (Lipinski definition) is 2. The van der Waals surface area contributed by atoms with Gasteiger partial charge in [0.1, 0.15) is 0 Å². The van der Waals surface area contributed by atoms with E-state index in [9.17, 15) is 4.79 Å². The van der Waals surface area contributed by atoms with E-state index in [1.54, 1.807) is 0 Å². The molecule has 1 aliphatic heterocycles. The Balaban J connectivity index is 1.24. The van der Waals surface area contributed by atoms with Crippen molar-refractivity contribution in [2.75, 3.05) is 19.6 Å². The van der Waals surface area contributed by atoms with Crippen molar-refractivity contribution in [3.05, 3.63) is 70.9 Å². The number of fused-ring (bicyclic) bond motifs is 1. The van der Waals surface area contributed by atoms with E-state index in [1.807, 2.05) is 37.5 Å². The summed E-state index contributed by atoms with van der Waals surface area (Å²) in [5, 5.41) is 1.90. The van der Waals surface area contributed by atoms with Gasteiger partial charge >= 0.3 is 0 Å². The fourth-order valence-corrected chi connectivity index (χ4v) is 4.73. The Labute approximate surface area is 178 Å². The van der Waals surface area contributed by atoms with Gasteiger partial charge < -0.3 is 9.47 Å². The van der Waals surface area contributed by atoms with Crippen LogP contribution in [-0.4, -0.2) is 34.9 Å². The number of nitrogens with zero attached hydrogens (tertiary/aromatic N) is 2. The molecule has 4 heteroatoms. The van der Waals surface area contributed by atoms with E-state index in [1.165, 1.54) is 18.4 Å². The van der Waals surface area contributed by atoms with Gasteiger partial charge in [-0.15, -0.1) is 0 Å². The highest BCUT2D eigenvalue weighted by Gasteiger charge is 2.21. The van der Waals surface area contributed by atoms with E-state index >= 15 is 0 Å². The number of hydrogen-bond donors (Lipinski definition) is 0. The number of halogens is 1. The second-order valence-electron chi connectivity index (χ2n) is 8.30. The van der Waals surface area contributed by atoms with Crippen LogP contribution in [0.4, 0.5) is 0 Å². The quantitative estimate of drug-likeness (QED) is 0.465. The summed E-state index contributed by atoms with van der Waals surface area (Å²) < 4.78 is 2.06. The van der Waals surface area contributed by atoms with Crippen LogP contribution in [0.15, 0.2) is 54.7 Å². The summed E-state index contributed by atoms with van der Waals surface area (Å²) in [6.45, 7) is 3.35. The summed E-state index contributed by atoms with van der Waals surface area (Å²) in [5.74, 6) is 0.946. The van der Waals surface area contributed by atoms with Crippen molar-refractivity contribution in [2.24, 2.45) is 13.0 Å². The maximum absolute atomic E-state index is 12.8. The van der Waals surface area contributed by atoms with Gasteiger partial charge in [0.15, 0.2) is 5.78 Å². The van der Waals surface area contributed by atoms with Gasteiger partial charge in [0.05, 0.1) is 0 Å². The van der Waals surface area contributed by atoms with Crippen molar-refractivity contribution >= 4 is 28.3 Å². The number of carbonyl (C=O) groups is 1. The van der Waals surface area contributed by atoms with Crippen molar-refractivity contribution in [3.63, 3.8) is 0 Å². The summed E-state index contributed by atoms with van der Waals surface area (Å²) in [7, 11) is 2.01. The van der Waals surface area contributed by atoms with Crippen LogP contribution < -0.4 is 0 Å². The van der Waals surface area contributed by atoms with Gasteiger partial charge in [-0.3, -0.25) is 4.79 Å². The maximum atomic E-state index is 12.8. The molecular weight excluding hydrogens is 380 g/mol. The predicted octanol–water partition coefficient (Wildman–Crippen LogP) is 5.75. The first-order valence-corrected chi connectivity index (χ1v) is 11.0. The minimum absolute atomic E-state index is 0.283. The second kappa shape index (κ2) is 9.15. The Morgan fingerprint density at radius 2 is 1.90 bits per heavy atom. The van der Waals surface area contributed by atoms with E-state index in [0.717, 1.165) is 54.0 Å². The zero-order chi connectivity index (χ0) is 20.2. The monoisotopic (exact) mass is 408 g/mol. The highest BCUT2D eigenvalue weighted by atomic mass is 35.5. The van der Waals surface area contributed by atoms with Crippen LogP contribution in [-0.2, 0) is 13.5 Å². The van der Waals surface area contributed by atoms with E-state index in [-0.39, 0.29) is 5.78 Å². The standard InChI is InChI=1S/C25H29ClN2O/c1-27-18-23(22-7-2-3-8-24(22)27)25(29)10-9-19-11-14-28(15-12-19)16-13-20-5-4-6-21(26)17-20/h2-8,17-19H,9-16H2,1H3. The zero-order valence-electron chi connectivity index (χ0n) is 17.1. The summed E-state index contributed by atoms with van der Waals surface area (Å²) in [6, 6.07) is 16.3. The summed E-state index contributed by atoms with van der Waals surface area (Å²) in [5.41, 5.74) is 3.31. The Morgan fingerprint density at radius 3 is 2.69 bits per heavy atom. The van der Waals surface area contributed by atoms with Gasteiger partial charge in [-0.1, -0.05) is 41.9 Å². The molecule has 0 amide bonds. The highest BCUT2D eigenvalue weighted by Crippen LogP contribution is 2.26. The van der Waals surface area contributed by atoms with Crippen LogP contribution in [0.25, 0.3) is 10.9 Å². The number of rotatable bonds is 7. The van der Waals surface area contributed by atoms with Gasteiger partial charge in [0, 0.05) is 47.7 Å². The molecule has 0 saturated carbocycles. The number of benzene rings is 2. The van der Waals surface area contributed by atoms with Gasteiger partial charge in [0.25, 0.3) is 0 Å². The molecule has 152 valence electrons. The highest BCUT2D eigenvalue weighted by molar-refractivity contribution is 6.30. The molecule has 0 N–H and O–H groups in total. The Bertz CT molecular complexity index is 985. The topological polar surface area (TPSA) is 25.2 Å². The van der Waals surface area contributed by atoms with Gasteiger partial charge in [-0.2, -0.15) is 0 Å². The fraction of sp³-hybridized carbons (Fsp3) is 0.400. The summed E-state index contributed by atoms with van der Waals surface area (Å²) >= 11 is 6.08. The smallest absolute Gasteiger partial charge is 0.165 e. The van der Waals surface area contributed by atoms with E-state index in [4.69, 9.17) is 11.6 Å². The largest absolute Gasteiger partial charge is 0.350 e. The number of ketones is 1. The Hall–Kier alpha value is -2.10. The molecule has 0 unspecified atom stereocenters. The van der Waals surface area contributed by atoms with E-state index < -0.39 is 0 Å². The lowest BCUT2D eigenvalue weighted by Crippen LogP contribution is -2.35. The Kier molecular flexibility index (Phi) is 6.37. The van der Waals surface area contributed by atoms with Crippen molar-refractivity contribution in [1.29, 1.82) is 0 Å². The molecule has 0 radical (unpaired) electrons. The maximum Gasteiger partial charge on any atom is 0.165 e. The molecular formula is C25H29ClN2O. The van der Waals surface area contributed by atoms with Gasteiger partial charge in [-0.25, -0.2) is 0 Å². The normalized spacial score (nSPS) is 15.8. The molecule has 4 rings (SSSR count). The second-order valence-corrected chi connectivity index (χ2v) is 8.73. The van der Waals surface area contributed by atoms with E-state index in [0.29, 0.717) is 12.3 Å². The van der Waals surface area contributed by atoms with E-state index in [2.05, 4.69) is 33.7 Å². The molecule has 3 aromatic rings. The van der Waals surface area contributed by atoms with Crippen LogP contribution in [0.1, 0.15) is 41.6 Å². The molecule has 1 fully saturated rings. The molecule has 3 nitrogen and oxygen atoms in total. The lowest BCUT2D eigenvalue weighted by Gasteiger charge is -2.32. The number of carbonyl (C=O) groups excluding carboxylic acids is 1. The van der Waals surface area contributed by atoms with Crippen molar-refractivity contribution in [1.82, 2.24) is 9.47 Å². The summed E-state index contributed by atoms with van der Waals surface area (Å²) in [4.78, 5) is 15.4. The SMILES string of the molecule is Cn1cc(C(=O)CCC2CCN(CCc3cccc(Cl)c3)CC2)c2ccccc21. The molecule has 0 aliphatic carbocycles. The van der Waals surface area contributed by atoms with Crippen LogP contribution in [0.5, 0.6) is 0 Å². The van der Waals surface area contributed by atoms with Gasteiger partial charge in [-0.05, 0) is 68.5 Å². The van der Waals surface area contributed by atoms with Crippen molar-refractivity contribution in [3.8, 4) is 0 Å². The lowest BCUT2D eigenvalue weighted by molar-refractivity contribution is 0.0964. The lowest BCUT2D eigenvalue weighted by atomic mass is 9.90. The molecule has 2 heterocycles. The zero-order valence-corrected chi connectivity index (χ0v) is 17.9. The third-order valence-electron chi connectivity index (χ3n) is 6.29. The number of Topliss-reactive ketones (excluding diaryl/α,β-unsaturated/α-hetero) is 1. The molecule has 1 aliphatic rings.